The summed E-state index contributed by atoms with van der Waals surface area (Å²) in [5, 5.41) is 0. The highest BCUT2D eigenvalue weighted by molar-refractivity contribution is 5.85. The summed E-state index contributed by atoms with van der Waals surface area (Å²) in [6.07, 6.45) is 0. The minimum absolute atomic E-state index is 0.0343. The molecule has 0 unspecified atom stereocenters. The molecule has 2 aliphatic rings. The van der Waals surface area contributed by atoms with E-state index in [1.807, 2.05) is 6.92 Å². The molecule has 1 heterocycles. The van der Waals surface area contributed by atoms with Crippen LogP contribution in [0.4, 0.5) is 0 Å². The smallest absolute Gasteiger partial charge is 0.126 e. The number of nitrogens with zero attached hydrogens (tertiary/aromatic N) is 2. The summed E-state index contributed by atoms with van der Waals surface area (Å²) in [4.78, 5) is 9.75. The summed E-state index contributed by atoms with van der Waals surface area (Å²) in [7, 11) is 0. The van der Waals surface area contributed by atoms with Gasteiger partial charge in [-0.05, 0) is 69.6 Å². The van der Waals surface area contributed by atoms with E-state index in [4.69, 9.17) is 9.97 Å². The quantitative estimate of drug-likeness (QED) is 0.253. The standard InChI is InChI=1S/C35H30N2/c1-21-36-32(22-14-16-26-24-10-6-8-12-28(24)34(2,3)30(26)18-22)20-33(37-21)23-15-17-27-25-11-7-9-13-29(25)35(4,5)31(27)19-23/h6-20H,1-5H3. The van der Waals surface area contributed by atoms with E-state index in [-0.39, 0.29) is 10.8 Å². The molecule has 0 saturated heterocycles. The number of aryl methyl sites for hydroxylation is 1. The van der Waals surface area contributed by atoms with Crippen LogP contribution in [0.5, 0.6) is 0 Å². The number of aromatic nitrogens is 2. The Morgan fingerprint density at radius 3 is 1.32 bits per heavy atom. The zero-order valence-electron chi connectivity index (χ0n) is 22.1. The van der Waals surface area contributed by atoms with Crippen LogP contribution in [-0.2, 0) is 10.8 Å². The van der Waals surface area contributed by atoms with Crippen LogP contribution in [0, 0.1) is 6.92 Å². The molecule has 0 aliphatic heterocycles. The lowest BCUT2D eigenvalue weighted by atomic mass is 9.81. The Labute approximate surface area is 219 Å². The molecule has 0 saturated carbocycles. The van der Waals surface area contributed by atoms with Crippen LogP contribution < -0.4 is 0 Å². The van der Waals surface area contributed by atoms with Crippen molar-refractivity contribution in [2.24, 2.45) is 0 Å². The number of hydrogen-bond donors (Lipinski definition) is 0. The fourth-order valence-electron chi connectivity index (χ4n) is 6.59. The summed E-state index contributed by atoms with van der Waals surface area (Å²) in [6.45, 7) is 11.3. The van der Waals surface area contributed by atoms with Crippen molar-refractivity contribution >= 4 is 0 Å². The van der Waals surface area contributed by atoms with Crippen molar-refractivity contribution in [1.29, 1.82) is 0 Å². The third-order valence-corrected chi connectivity index (χ3v) is 8.60. The molecule has 1 aromatic heterocycles. The van der Waals surface area contributed by atoms with Gasteiger partial charge in [0.1, 0.15) is 5.82 Å². The largest absolute Gasteiger partial charge is 0.233 e. The first-order chi connectivity index (χ1) is 17.7. The van der Waals surface area contributed by atoms with Gasteiger partial charge >= 0.3 is 0 Å². The molecule has 2 heteroatoms. The van der Waals surface area contributed by atoms with Crippen LogP contribution in [0.1, 0.15) is 55.8 Å². The second-order valence-electron chi connectivity index (χ2n) is 11.5. The molecule has 2 aliphatic carbocycles. The van der Waals surface area contributed by atoms with Gasteiger partial charge in [0.25, 0.3) is 0 Å². The average molecular weight is 479 g/mol. The van der Waals surface area contributed by atoms with Gasteiger partial charge in [-0.3, -0.25) is 0 Å². The maximum atomic E-state index is 4.87. The Bertz CT molecular complexity index is 1610. The van der Waals surface area contributed by atoms with Crippen LogP contribution in [-0.4, -0.2) is 9.97 Å². The SMILES string of the molecule is Cc1nc(-c2ccc3c(c2)C(C)(C)c2ccccc2-3)cc(-c2ccc3c(c2)C(C)(C)c2ccccc2-3)n1. The molecule has 4 aromatic carbocycles. The number of benzene rings is 4. The predicted octanol–water partition coefficient (Wildman–Crippen LogP) is 8.73. The van der Waals surface area contributed by atoms with E-state index in [9.17, 15) is 0 Å². The summed E-state index contributed by atoms with van der Waals surface area (Å²) < 4.78 is 0. The summed E-state index contributed by atoms with van der Waals surface area (Å²) in [6, 6.07) is 33.3. The van der Waals surface area contributed by atoms with Crippen LogP contribution in [0.15, 0.2) is 91.0 Å². The molecule has 180 valence electrons. The molecule has 0 bridgehead atoms. The van der Waals surface area contributed by atoms with Gasteiger partial charge in [-0.25, -0.2) is 9.97 Å². The Morgan fingerprint density at radius 1 is 0.459 bits per heavy atom. The first kappa shape index (κ1) is 22.2. The van der Waals surface area contributed by atoms with Gasteiger partial charge in [0.15, 0.2) is 0 Å². The molecule has 0 amide bonds. The minimum Gasteiger partial charge on any atom is -0.233 e. The molecule has 5 aromatic rings. The first-order valence-electron chi connectivity index (χ1n) is 13.1. The van der Waals surface area contributed by atoms with Gasteiger partial charge in [-0.15, -0.1) is 0 Å². The fraction of sp³-hybridized carbons (Fsp3) is 0.200. The van der Waals surface area contributed by atoms with Gasteiger partial charge in [-0.2, -0.15) is 0 Å². The molecule has 0 atom stereocenters. The van der Waals surface area contributed by atoms with Gasteiger partial charge in [0.2, 0.25) is 0 Å². The van der Waals surface area contributed by atoms with E-state index < -0.39 is 0 Å². The van der Waals surface area contributed by atoms with Crippen LogP contribution in [0.2, 0.25) is 0 Å². The highest BCUT2D eigenvalue weighted by atomic mass is 14.9. The third-order valence-electron chi connectivity index (χ3n) is 8.60. The predicted molar refractivity (Wildman–Crippen MR) is 153 cm³/mol. The number of rotatable bonds is 2. The van der Waals surface area contributed by atoms with Crippen molar-refractivity contribution < 1.29 is 0 Å². The van der Waals surface area contributed by atoms with Crippen molar-refractivity contribution in [3.63, 3.8) is 0 Å². The fourth-order valence-corrected chi connectivity index (χ4v) is 6.59. The van der Waals surface area contributed by atoms with Crippen molar-refractivity contribution in [3.8, 4) is 44.8 Å². The normalized spacial score (nSPS) is 15.6. The molecule has 0 radical (unpaired) electrons. The van der Waals surface area contributed by atoms with Crippen LogP contribution in [0.3, 0.4) is 0 Å². The summed E-state index contributed by atoms with van der Waals surface area (Å²) in [5.74, 6) is 0.790. The second-order valence-corrected chi connectivity index (χ2v) is 11.5. The van der Waals surface area contributed by atoms with E-state index in [0.717, 1.165) is 28.3 Å². The van der Waals surface area contributed by atoms with Gasteiger partial charge in [-0.1, -0.05) is 100 Å². The molecule has 0 fully saturated rings. The van der Waals surface area contributed by atoms with Crippen LogP contribution in [0.25, 0.3) is 44.8 Å². The van der Waals surface area contributed by atoms with E-state index in [2.05, 4.69) is 119 Å². The maximum absolute atomic E-state index is 4.87. The zero-order chi connectivity index (χ0) is 25.5. The van der Waals surface area contributed by atoms with Crippen molar-refractivity contribution in [2.75, 3.05) is 0 Å². The summed E-state index contributed by atoms with van der Waals surface area (Å²) in [5.41, 5.74) is 15.0. The Kier molecular flexibility index (Phi) is 4.49. The number of hydrogen-bond acceptors (Lipinski definition) is 2. The van der Waals surface area contributed by atoms with E-state index in [0.29, 0.717) is 0 Å². The van der Waals surface area contributed by atoms with Gasteiger partial charge in [0.05, 0.1) is 11.4 Å². The lowest BCUT2D eigenvalue weighted by Gasteiger charge is -2.22. The van der Waals surface area contributed by atoms with Gasteiger partial charge < -0.3 is 0 Å². The second kappa shape index (κ2) is 7.49. The maximum Gasteiger partial charge on any atom is 0.126 e. The molecule has 0 N–H and O–H groups in total. The Morgan fingerprint density at radius 2 is 0.865 bits per heavy atom. The lowest BCUT2D eigenvalue weighted by molar-refractivity contribution is 0.660. The highest BCUT2D eigenvalue weighted by Gasteiger charge is 2.36. The molecule has 2 nitrogen and oxygen atoms in total. The third kappa shape index (κ3) is 3.12. The van der Waals surface area contributed by atoms with Crippen molar-refractivity contribution in [2.45, 2.75) is 45.4 Å². The van der Waals surface area contributed by atoms with E-state index in [1.165, 1.54) is 44.5 Å². The topological polar surface area (TPSA) is 25.8 Å². The highest BCUT2D eigenvalue weighted by Crippen LogP contribution is 2.51. The lowest BCUT2D eigenvalue weighted by Crippen LogP contribution is -2.15. The minimum atomic E-state index is -0.0343. The van der Waals surface area contributed by atoms with Crippen molar-refractivity contribution in [3.05, 3.63) is 119 Å². The molecule has 7 rings (SSSR count). The molecular formula is C35H30N2. The molecule has 37 heavy (non-hydrogen) atoms. The van der Waals surface area contributed by atoms with E-state index in [1.54, 1.807) is 0 Å². The number of fused-ring (bicyclic) bond motifs is 6. The monoisotopic (exact) mass is 478 g/mol. The van der Waals surface area contributed by atoms with Crippen LogP contribution >= 0.6 is 0 Å². The summed E-state index contributed by atoms with van der Waals surface area (Å²) >= 11 is 0. The van der Waals surface area contributed by atoms with Gasteiger partial charge in [0, 0.05) is 22.0 Å². The first-order valence-corrected chi connectivity index (χ1v) is 13.1. The van der Waals surface area contributed by atoms with Crippen molar-refractivity contribution in [1.82, 2.24) is 9.97 Å². The molecule has 0 spiro atoms. The molecular weight excluding hydrogens is 448 g/mol. The Hall–Kier alpha value is -4.04. The Balaban J connectivity index is 1.33. The zero-order valence-corrected chi connectivity index (χ0v) is 22.1. The average Bonchev–Trinajstić information content (AvgIpc) is 3.28. The van der Waals surface area contributed by atoms with E-state index >= 15 is 0 Å².